The standard InChI is InChI=1S/C21H24N4/c1-9-8-10(2)17-16(11(9)3)20(25-24-17)21-22-18-14(6)12(4)13(5)15(7)19(18)23-21/h8H,1-7H3,(H,22,23)(H,24,25). The predicted molar refractivity (Wildman–Crippen MR) is 104 cm³/mol. The molecule has 0 bridgehead atoms. The molecule has 4 aromatic rings. The molecule has 2 aromatic carbocycles. The molecule has 0 aliphatic carbocycles. The van der Waals surface area contributed by atoms with E-state index < -0.39 is 0 Å². The average molecular weight is 332 g/mol. The highest BCUT2D eigenvalue weighted by atomic mass is 15.1. The van der Waals surface area contributed by atoms with Crippen molar-refractivity contribution in [3.05, 3.63) is 45.0 Å². The zero-order valence-corrected chi connectivity index (χ0v) is 16.0. The first-order valence-corrected chi connectivity index (χ1v) is 8.72. The van der Waals surface area contributed by atoms with Crippen molar-refractivity contribution in [2.24, 2.45) is 0 Å². The fraction of sp³-hybridized carbons (Fsp3) is 0.333. The van der Waals surface area contributed by atoms with Crippen LogP contribution in [0.25, 0.3) is 33.5 Å². The molecule has 2 N–H and O–H groups in total. The number of hydrogen-bond acceptors (Lipinski definition) is 2. The van der Waals surface area contributed by atoms with Crippen LogP contribution in [0.15, 0.2) is 6.07 Å². The molecule has 0 amide bonds. The second-order valence-electron chi connectivity index (χ2n) is 7.27. The summed E-state index contributed by atoms with van der Waals surface area (Å²) in [5, 5.41) is 8.99. The minimum atomic E-state index is 0.838. The molecule has 25 heavy (non-hydrogen) atoms. The number of imidazole rings is 1. The van der Waals surface area contributed by atoms with Gasteiger partial charge in [-0.15, -0.1) is 0 Å². The van der Waals surface area contributed by atoms with Gasteiger partial charge in [0.1, 0.15) is 5.69 Å². The lowest BCUT2D eigenvalue weighted by atomic mass is 9.98. The van der Waals surface area contributed by atoms with E-state index in [1.54, 1.807) is 0 Å². The monoisotopic (exact) mass is 332 g/mol. The molecule has 0 atom stereocenters. The first-order valence-electron chi connectivity index (χ1n) is 8.72. The molecule has 0 aliphatic rings. The second kappa shape index (κ2) is 5.19. The number of fused-ring (bicyclic) bond motifs is 2. The Bertz CT molecular complexity index is 1110. The van der Waals surface area contributed by atoms with E-state index in [1.165, 1.54) is 44.3 Å². The van der Waals surface area contributed by atoms with Gasteiger partial charge in [-0.2, -0.15) is 5.10 Å². The largest absolute Gasteiger partial charge is 0.336 e. The topological polar surface area (TPSA) is 57.4 Å². The molecular formula is C21H24N4. The van der Waals surface area contributed by atoms with Crippen LogP contribution in [0.5, 0.6) is 0 Å². The third-order valence-corrected chi connectivity index (χ3v) is 5.91. The van der Waals surface area contributed by atoms with Crippen LogP contribution in [0, 0.1) is 48.5 Å². The van der Waals surface area contributed by atoms with Crippen molar-refractivity contribution in [2.45, 2.75) is 48.5 Å². The Morgan fingerprint density at radius 3 is 2.12 bits per heavy atom. The van der Waals surface area contributed by atoms with E-state index in [1.807, 2.05) is 0 Å². The summed E-state index contributed by atoms with van der Waals surface area (Å²) in [5.41, 5.74) is 13.1. The van der Waals surface area contributed by atoms with Crippen LogP contribution in [0.4, 0.5) is 0 Å². The van der Waals surface area contributed by atoms with Gasteiger partial charge < -0.3 is 4.98 Å². The van der Waals surface area contributed by atoms with Gasteiger partial charge in [-0.25, -0.2) is 4.98 Å². The molecule has 2 aromatic heterocycles. The van der Waals surface area contributed by atoms with Crippen molar-refractivity contribution in [1.82, 2.24) is 20.2 Å². The fourth-order valence-corrected chi connectivity index (χ4v) is 3.82. The van der Waals surface area contributed by atoms with Crippen molar-refractivity contribution in [2.75, 3.05) is 0 Å². The van der Waals surface area contributed by atoms with Gasteiger partial charge in [-0.3, -0.25) is 5.10 Å². The minimum absolute atomic E-state index is 0.838. The lowest BCUT2D eigenvalue weighted by molar-refractivity contribution is 1.10. The number of hydrogen-bond donors (Lipinski definition) is 2. The maximum absolute atomic E-state index is 4.93. The van der Waals surface area contributed by atoms with Gasteiger partial charge in [0.15, 0.2) is 5.82 Å². The van der Waals surface area contributed by atoms with E-state index in [-0.39, 0.29) is 0 Å². The molecule has 4 rings (SSSR count). The van der Waals surface area contributed by atoms with Crippen LogP contribution >= 0.6 is 0 Å². The first-order chi connectivity index (χ1) is 11.8. The summed E-state index contributed by atoms with van der Waals surface area (Å²) in [5.74, 6) is 0.838. The number of rotatable bonds is 1. The number of nitrogens with one attached hydrogen (secondary N) is 2. The molecule has 128 valence electrons. The molecule has 0 unspecified atom stereocenters. The Balaban J connectivity index is 2.08. The van der Waals surface area contributed by atoms with Gasteiger partial charge in [0.2, 0.25) is 0 Å². The quantitative estimate of drug-likeness (QED) is 0.499. The lowest BCUT2D eigenvalue weighted by Crippen LogP contribution is -1.92. The number of aromatic nitrogens is 4. The Labute approximate surface area is 147 Å². The van der Waals surface area contributed by atoms with E-state index in [4.69, 9.17) is 4.98 Å². The minimum Gasteiger partial charge on any atom is -0.336 e. The van der Waals surface area contributed by atoms with Crippen molar-refractivity contribution in [3.63, 3.8) is 0 Å². The van der Waals surface area contributed by atoms with E-state index in [9.17, 15) is 0 Å². The summed E-state index contributed by atoms with van der Waals surface area (Å²) in [4.78, 5) is 8.47. The third-order valence-electron chi connectivity index (χ3n) is 5.91. The first kappa shape index (κ1) is 15.9. The van der Waals surface area contributed by atoms with E-state index >= 15 is 0 Å². The van der Waals surface area contributed by atoms with Crippen LogP contribution in [-0.4, -0.2) is 20.2 Å². The zero-order chi connectivity index (χ0) is 18.0. The fourth-order valence-electron chi connectivity index (χ4n) is 3.82. The van der Waals surface area contributed by atoms with Crippen molar-refractivity contribution in [1.29, 1.82) is 0 Å². The second-order valence-corrected chi connectivity index (χ2v) is 7.27. The van der Waals surface area contributed by atoms with Crippen LogP contribution in [0.3, 0.4) is 0 Å². The predicted octanol–water partition coefficient (Wildman–Crippen LogP) is 5.27. The lowest BCUT2D eigenvalue weighted by Gasteiger charge is -2.09. The Kier molecular flexibility index (Phi) is 3.29. The Morgan fingerprint density at radius 1 is 0.720 bits per heavy atom. The van der Waals surface area contributed by atoms with Crippen molar-refractivity contribution < 1.29 is 0 Å². The molecule has 0 saturated heterocycles. The van der Waals surface area contributed by atoms with E-state index in [2.05, 4.69) is 69.7 Å². The number of aromatic amines is 2. The van der Waals surface area contributed by atoms with Crippen LogP contribution in [0.2, 0.25) is 0 Å². The van der Waals surface area contributed by atoms with Gasteiger partial charge in [0.25, 0.3) is 0 Å². The van der Waals surface area contributed by atoms with E-state index in [0.29, 0.717) is 0 Å². The number of nitrogens with zero attached hydrogens (tertiary/aromatic N) is 2. The van der Waals surface area contributed by atoms with Crippen LogP contribution in [0.1, 0.15) is 38.9 Å². The zero-order valence-electron chi connectivity index (χ0n) is 16.0. The average Bonchev–Trinajstić information content (AvgIpc) is 3.20. The number of aryl methyl sites for hydroxylation is 5. The molecule has 0 spiro atoms. The summed E-state index contributed by atoms with van der Waals surface area (Å²) in [6.45, 7) is 15.1. The number of H-pyrrole nitrogens is 2. The summed E-state index contributed by atoms with van der Waals surface area (Å²) in [6, 6.07) is 2.21. The SMILES string of the molecule is Cc1cc(C)c2[nH]nc(-c3nc4c(C)c(C)c(C)c(C)c4[nH]3)c2c1C. The number of benzene rings is 2. The maximum Gasteiger partial charge on any atom is 0.159 e. The highest BCUT2D eigenvalue weighted by molar-refractivity contribution is 5.98. The molecule has 2 heterocycles. The molecule has 4 nitrogen and oxygen atoms in total. The molecule has 4 heteroatoms. The molecule has 0 aliphatic heterocycles. The summed E-state index contributed by atoms with van der Waals surface area (Å²) in [6.07, 6.45) is 0. The normalized spacial score (nSPS) is 11.8. The molecule has 0 fully saturated rings. The van der Waals surface area contributed by atoms with Gasteiger partial charge in [0, 0.05) is 5.39 Å². The van der Waals surface area contributed by atoms with Gasteiger partial charge in [-0.05, 0) is 87.4 Å². The molecule has 0 saturated carbocycles. The molecule has 0 radical (unpaired) electrons. The highest BCUT2D eigenvalue weighted by Crippen LogP contribution is 2.34. The summed E-state index contributed by atoms with van der Waals surface area (Å²) >= 11 is 0. The van der Waals surface area contributed by atoms with Crippen molar-refractivity contribution in [3.8, 4) is 11.5 Å². The maximum atomic E-state index is 4.93. The smallest absolute Gasteiger partial charge is 0.159 e. The third kappa shape index (κ3) is 2.06. The Morgan fingerprint density at radius 2 is 1.40 bits per heavy atom. The van der Waals surface area contributed by atoms with Gasteiger partial charge in [-0.1, -0.05) is 6.07 Å². The summed E-state index contributed by atoms with van der Waals surface area (Å²) < 4.78 is 0. The summed E-state index contributed by atoms with van der Waals surface area (Å²) in [7, 11) is 0. The van der Waals surface area contributed by atoms with Gasteiger partial charge in [0.05, 0.1) is 16.6 Å². The van der Waals surface area contributed by atoms with Gasteiger partial charge >= 0.3 is 0 Å². The van der Waals surface area contributed by atoms with Crippen LogP contribution < -0.4 is 0 Å². The molecular weight excluding hydrogens is 308 g/mol. The Hall–Kier alpha value is -2.62. The highest BCUT2D eigenvalue weighted by Gasteiger charge is 2.19. The van der Waals surface area contributed by atoms with Crippen molar-refractivity contribution >= 4 is 21.9 Å². The van der Waals surface area contributed by atoms with E-state index in [0.717, 1.165) is 28.1 Å². The van der Waals surface area contributed by atoms with Crippen LogP contribution in [-0.2, 0) is 0 Å².